The first-order chi connectivity index (χ1) is 13.1. The van der Waals surface area contributed by atoms with E-state index in [1.807, 2.05) is 35.2 Å². The fraction of sp³-hybridized carbons (Fsp3) is 0.650. The summed E-state index contributed by atoms with van der Waals surface area (Å²) >= 11 is 0. The van der Waals surface area contributed by atoms with E-state index in [9.17, 15) is 13.2 Å². The van der Waals surface area contributed by atoms with Crippen LogP contribution in [0.4, 0.5) is 4.79 Å². The summed E-state index contributed by atoms with van der Waals surface area (Å²) in [5.41, 5.74) is 0.862. The van der Waals surface area contributed by atoms with Crippen LogP contribution in [0.5, 0.6) is 0 Å². The highest BCUT2D eigenvalue weighted by Crippen LogP contribution is 2.29. The second kappa shape index (κ2) is 8.00. The number of hydrogen-bond acceptors (Lipinski definition) is 4. The van der Waals surface area contributed by atoms with Crippen molar-refractivity contribution in [3.63, 3.8) is 0 Å². The van der Waals surface area contributed by atoms with E-state index in [-0.39, 0.29) is 17.6 Å². The van der Waals surface area contributed by atoms with Gasteiger partial charge >= 0.3 is 6.03 Å². The number of nitrogens with one attached hydrogen (secondary N) is 1. The minimum absolute atomic E-state index is 0.00787. The normalized spacial score (nSPS) is 23.5. The highest BCUT2D eigenvalue weighted by atomic mass is 32.2. The van der Waals surface area contributed by atoms with Crippen LogP contribution in [0.15, 0.2) is 30.3 Å². The third-order valence-electron chi connectivity index (χ3n) is 5.76. The van der Waals surface area contributed by atoms with Crippen molar-refractivity contribution in [2.75, 3.05) is 32.7 Å². The van der Waals surface area contributed by atoms with Crippen LogP contribution in [0.25, 0.3) is 0 Å². The molecule has 1 aromatic carbocycles. The summed E-state index contributed by atoms with van der Waals surface area (Å²) in [5, 5.41) is 2.57. The second-order valence-corrected chi connectivity index (χ2v) is 11.1. The Balaban J connectivity index is 1.68. The van der Waals surface area contributed by atoms with Crippen molar-refractivity contribution in [3.05, 3.63) is 35.9 Å². The predicted octanol–water partition coefficient (Wildman–Crippen LogP) is 1.71. The van der Waals surface area contributed by atoms with Crippen LogP contribution in [-0.2, 0) is 16.6 Å². The molecule has 2 amide bonds. The van der Waals surface area contributed by atoms with Crippen LogP contribution in [0.2, 0.25) is 0 Å². The van der Waals surface area contributed by atoms with Gasteiger partial charge in [0.15, 0.2) is 0 Å². The van der Waals surface area contributed by atoms with E-state index in [1.165, 1.54) is 0 Å². The molecule has 7 nitrogen and oxygen atoms in total. The molecule has 1 N–H and O–H groups in total. The lowest BCUT2D eigenvalue weighted by atomic mass is 9.93. The molecule has 2 saturated heterocycles. The molecule has 3 rings (SSSR count). The van der Waals surface area contributed by atoms with E-state index in [4.69, 9.17) is 0 Å². The van der Waals surface area contributed by atoms with Crippen molar-refractivity contribution in [2.45, 2.75) is 51.1 Å². The van der Waals surface area contributed by atoms with Gasteiger partial charge in [-0.15, -0.1) is 0 Å². The van der Waals surface area contributed by atoms with Gasteiger partial charge in [0.25, 0.3) is 0 Å². The van der Waals surface area contributed by atoms with E-state index in [1.54, 1.807) is 18.2 Å². The summed E-state index contributed by atoms with van der Waals surface area (Å²) < 4.78 is 26.8. The maximum Gasteiger partial charge on any atom is 0.317 e. The van der Waals surface area contributed by atoms with Crippen LogP contribution in [0.3, 0.4) is 0 Å². The van der Waals surface area contributed by atoms with Crippen LogP contribution in [0, 0.1) is 0 Å². The van der Waals surface area contributed by atoms with Gasteiger partial charge in [-0.3, -0.25) is 4.90 Å². The number of sulfonamides is 1. The molecule has 0 aliphatic carbocycles. The molecule has 2 fully saturated rings. The van der Waals surface area contributed by atoms with Gasteiger partial charge in [0.2, 0.25) is 10.0 Å². The van der Waals surface area contributed by atoms with E-state index in [2.05, 4.69) is 24.1 Å². The highest BCUT2D eigenvalue weighted by molar-refractivity contribution is 7.89. The molecule has 2 heterocycles. The molecule has 28 heavy (non-hydrogen) atoms. The number of benzene rings is 1. The first-order valence-electron chi connectivity index (χ1n) is 9.93. The lowest BCUT2D eigenvalue weighted by Crippen LogP contribution is -2.71. The van der Waals surface area contributed by atoms with Crippen molar-refractivity contribution in [1.82, 2.24) is 19.4 Å². The zero-order valence-corrected chi connectivity index (χ0v) is 18.1. The summed E-state index contributed by atoms with van der Waals surface area (Å²) in [6, 6.07) is 9.74. The molecule has 1 unspecified atom stereocenters. The quantitative estimate of drug-likeness (QED) is 0.823. The Labute approximate surface area is 168 Å². The summed E-state index contributed by atoms with van der Waals surface area (Å²) in [6.07, 6.45) is 0. The Hall–Kier alpha value is -1.64. The number of piperazine rings is 2. The first-order valence-corrected chi connectivity index (χ1v) is 11.4. The van der Waals surface area contributed by atoms with Crippen LogP contribution in [-0.4, -0.2) is 78.1 Å². The van der Waals surface area contributed by atoms with Crippen molar-refractivity contribution in [1.29, 1.82) is 0 Å². The highest BCUT2D eigenvalue weighted by Gasteiger charge is 2.45. The molecule has 2 aliphatic rings. The zero-order chi connectivity index (χ0) is 20.5. The third kappa shape index (κ3) is 4.34. The van der Waals surface area contributed by atoms with Crippen LogP contribution >= 0.6 is 0 Å². The number of nitrogens with zero attached hydrogens (tertiary/aromatic N) is 3. The Morgan fingerprint density at radius 2 is 1.86 bits per heavy atom. The summed E-state index contributed by atoms with van der Waals surface area (Å²) in [4.78, 5) is 17.0. The van der Waals surface area contributed by atoms with Crippen LogP contribution < -0.4 is 5.32 Å². The predicted molar refractivity (Wildman–Crippen MR) is 110 cm³/mol. The fourth-order valence-electron chi connectivity index (χ4n) is 4.23. The van der Waals surface area contributed by atoms with E-state index in [0.717, 1.165) is 5.56 Å². The summed E-state index contributed by atoms with van der Waals surface area (Å²) in [6.45, 7) is 11.0. The largest absolute Gasteiger partial charge is 0.334 e. The van der Waals surface area contributed by atoms with Crippen LogP contribution in [0.1, 0.15) is 33.3 Å². The minimum Gasteiger partial charge on any atom is -0.334 e. The van der Waals surface area contributed by atoms with Gasteiger partial charge in [-0.05, 0) is 33.3 Å². The number of hydrogen-bond donors (Lipinski definition) is 1. The molecule has 1 atom stereocenters. The molecular weight excluding hydrogens is 376 g/mol. The average Bonchev–Trinajstić information content (AvgIpc) is 2.65. The van der Waals surface area contributed by atoms with Crippen molar-refractivity contribution < 1.29 is 13.2 Å². The minimum atomic E-state index is -3.28. The van der Waals surface area contributed by atoms with Gasteiger partial charge in [-0.2, -0.15) is 4.31 Å². The number of amides is 2. The number of urea groups is 1. The van der Waals surface area contributed by atoms with E-state index >= 15 is 0 Å². The Morgan fingerprint density at radius 3 is 2.50 bits per heavy atom. The van der Waals surface area contributed by atoms with Crippen molar-refractivity contribution >= 4 is 16.1 Å². The van der Waals surface area contributed by atoms with Gasteiger partial charge in [0.05, 0.1) is 5.25 Å². The maximum atomic E-state index is 12.8. The number of rotatable bonds is 4. The molecule has 156 valence electrons. The number of carbonyl (C=O) groups is 1. The summed E-state index contributed by atoms with van der Waals surface area (Å²) in [7, 11) is -3.28. The standard InChI is InChI=1S/C20H32N4O3S/c1-16(2)28(26,27)23-10-11-24-18(14-23)13-22(15-20(24,3)4)19(25)21-12-17-8-6-5-7-9-17/h5-9,16,18H,10-15H2,1-4H3,(H,21,25). The van der Waals surface area contributed by atoms with E-state index in [0.29, 0.717) is 39.3 Å². The lowest BCUT2D eigenvalue weighted by molar-refractivity contribution is -0.0373. The van der Waals surface area contributed by atoms with Crippen molar-refractivity contribution in [2.24, 2.45) is 0 Å². The fourth-order valence-corrected chi connectivity index (χ4v) is 5.54. The van der Waals surface area contributed by atoms with Gasteiger partial charge in [-0.1, -0.05) is 30.3 Å². The molecule has 8 heteroatoms. The smallest absolute Gasteiger partial charge is 0.317 e. The molecule has 0 bridgehead atoms. The molecule has 0 radical (unpaired) electrons. The van der Waals surface area contributed by atoms with Gasteiger partial charge in [0, 0.05) is 50.8 Å². The van der Waals surface area contributed by atoms with E-state index < -0.39 is 15.3 Å². The lowest BCUT2D eigenvalue weighted by Gasteiger charge is -2.55. The molecular formula is C20H32N4O3S. The average molecular weight is 409 g/mol. The Bertz CT molecular complexity index is 795. The number of carbonyl (C=O) groups excluding carboxylic acids is 1. The zero-order valence-electron chi connectivity index (χ0n) is 17.3. The monoisotopic (exact) mass is 408 g/mol. The van der Waals surface area contributed by atoms with Gasteiger partial charge in [-0.25, -0.2) is 13.2 Å². The maximum absolute atomic E-state index is 12.8. The first kappa shape index (κ1) is 21.1. The van der Waals surface area contributed by atoms with Crippen molar-refractivity contribution in [3.8, 4) is 0 Å². The molecule has 1 aromatic rings. The third-order valence-corrected chi connectivity index (χ3v) is 8.00. The SMILES string of the molecule is CC(C)S(=O)(=O)N1CCN2C(CN(C(=O)NCc3ccccc3)CC2(C)C)C1. The molecule has 0 aromatic heterocycles. The summed E-state index contributed by atoms with van der Waals surface area (Å²) in [5.74, 6) is 0. The molecule has 0 saturated carbocycles. The second-order valence-electron chi connectivity index (χ2n) is 8.64. The molecule has 2 aliphatic heterocycles. The van der Waals surface area contributed by atoms with Gasteiger partial charge in [0.1, 0.15) is 0 Å². The van der Waals surface area contributed by atoms with Gasteiger partial charge < -0.3 is 10.2 Å². The Morgan fingerprint density at radius 1 is 1.18 bits per heavy atom. The number of fused-ring (bicyclic) bond motifs is 1. The topological polar surface area (TPSA) is 73.0 Å². The Kier molecular flexibility index (Phi) is 6.03. The molecule has 0 spiro atoms.